The molecule has 2 heterocycles. The second-order valence-corrected chi connectivity index (χ2v) is 7.21. The molecule has 5 nitrogen and oxygen atoms in total. The summed E-state index contributed by atoms with van der Waals surface area (Å²) in [5.74, 6) is -0.279. The maximum atomic E-state index is 11.6. The van der Waals surface area contributed by atoms with Gasteiger partial charge in [-0.1, -0.05) is 22.0 Å². The van der Waals surface area contributed by atoms with Crippen molar-refractivity contribution in [1.82, 2.24) is 9.38 Å². The number of thiazole rings is 1. The highest BCUT2D eigenvalue weighted by atomic mass is 79.9. The van der Waals surface area contributed by atoms with Crippen molar-refractivity contribution in [2.45, 2.75) is 20.3 Å². The molecule has 0 spiro atoms. The fourth-order valence-electron chi connectivity index (χ4n) is 2.46. The molecule has 24 heavy (non-hydrogen) atoms. The highest BCUT2D eigenvalue weighted by Gasteiger charge is 2.17. The van der Waals surface area contributed by atoms with Gasteiger partial charge in [0.25, 0.3) is 0 Å². The van der Waals surface area contributed by atoms with Crippen molar-refractivity contribution in [3.8, 4) is 11.3 Å². The van der Waals surface area contributed by atoms with Crippen LogP contribution >= 0.6 is 27.3 Å². The molecule has 0 aliphatic heterocycles. The van der Waals surface area contributed by atoms with Crippen LogP contribution in [-0.2, 0) is 16.0 Å². The van der Waals surface area contributed by atoms with E-state index in [9.17, 15) is 9.59 Å². The van der Waals surface area contributed by atoms with E-state index in [-0.39, 0.29) is 12.4 Å². The maximum absolute atomic E-state index is 11.6. The van der Waals surface area contributed by atoms with Crippen LogP contribution in [0.1, 0.15) is 27.9 Å². The first-order chi connectivity index (χ1) is 11.5. The standard InChI is InChI=1S/C17H15BrN2O3S/c1-3-23-15(22)7-12-8-20-14(9-21)16(19-17(20)24-12)11-4-5-13(18)10(2)6-11/h4-6,8-9H,3,7H2,1-2H3. The van der Waals surface area contributed by atoms with Crippen molar-refractivity contribution in [3.05, 3.63) is 45.0 Å². The zero-order valence-electron chi connectivity index (χ0n) is 13.2. The number of nitrogens with zero attached hydrogens (tertiary/aromatic N) is 2. The van der Waals surface area contributed by atoms with Crippen LogP contribution in [0.3, 0.4) is 0 Å². The third kappa shape index (κ3) is 3.14. The monoisotopic (exact) mass is 406 g/mol. The van der Waals surface area contributed by atoms with E-state index in [1.54, 1.807) is 17.5 Å². The molecule has 124 valence electrons. The molecule has 0 atom stereocenters. The summed E-state index contributed by atoms with van der Waals surface area (Å²) in [6, 6.07) is 5.86. The van der Waals surface area contributed by atoms with Gasteiger partial charge in [0.05, 0.1) is 13.0 Å². The predicted octanol–water partition coefficient (Wildman–Crippen LogP) is 4.05. The number of rotatable bonds is 5. The lowest BCUT2D eigenvalue weighted by molar-refractivity contribution is -0.142. The molecule has 1 aromatic carbocycles. The fourth-order valence-corrected chi connectivity index (χ4v) is 3.68. The van der Waals surface area contributed by atoms with E-state index < -0.39 is 0 Å². The molecule has 0 bridgehead atoms. The first kappa shape index (κ1) is 16.9. The zero-order valence-corrected chi connectivity index (χ0v) is 15.6. The average Bonchev–Trinajstić information content (AvgIpc) is 3.06. The fraction of sp³-hybridized carbons (Fsp3) is 0.235. The minimum absolute atomic E-state index is 0.187. The van der Waals surface area contributed by atoms with E-state index in [1.165, 1.54) is 11.3 Å². The zero-order chi connectivity index (χ0) is 17.3. The predicted molar refractivity (Wildman–Crippen MR) is 96.7 cm³/mol. The third-order valence-electron chi connectivity index (χ3n) is 3.58. The molecular weight excluding hydrogens is 392 g/mol. The molecule has 0 radical (unpaired) electrons. The Kier molecular flexibility index (Phi) is 4.82. The molecule has 0 saturated heterocycles. The summed E-state index contributed by atoms with van der Waals surface area (Å²) in [5.41, 5.74) is 3.09. The van der Waals surface area contributed by atoms with Gasteiger partial charge in [-0.2, -0.15) is 0 Å². The summed E-state index contributed by atoms with van der Waals surface area (Å²) in [6.45, 7) is 4.12. The van der Waals surface area contributed by atoms with Crippen molar-refractivity contribution in [3.63, 3.8) is 0 Å². The van der Waals surface area contributed by atoms with Crippen molar-refractivity contribution in [2.75, 3.05) is 6.61 Å². The van der Waals surface area contributed by atoms with Gasteiger partial charge in [0.15, 0.2) is 11.2 Å². The van der Waals surface area contributed by atoms with Crippen LogP contribution in [0, 0.1) is 6.92 Å². The first-order valence-electron chi connectivity index (χ1n) is 7.41. The SMILES string of the molecule is CCOC(=O)Cc1cn2c(C=O)c(-c3ccc(Br)c(C)c3)nc2s1. The molecule has 2 aromatic heterocycles. The van der Waals surface area contributed by atoms with Gasteiger partial charge >= 0.3 is 5.97 Å². The van der Waals surface area contributed by atoms with E-state index in [2.05, 4.69) is 20.9 Å². The molecule has 0 amide bonds. The van der Waals surface area contributed by atoms with Crippen LogP contribution in [0.4, 0.5) is 0 Å². The molecule has 0 fully saturated rings. The molecule has 0 N–H and O–H groups in total. The number of esters is 1. The second kappa shape index (κ2) is 6.86. The van der Waals surface area contributed by atoms with Crippen LogP contribution in [0.2, 0.25) is 0 Å². The molecule has 0 aliphatic rings. The van der Waals surface area contributed by atoms with Gasteiger partial charge in [-0.25, -0.2) is 4.98 Å². The molecule has 3 rings (SSSR count). The van der Waals surface area contributed by atoms with Crippen LogP contribution in [0.5, 0.6) is 0 Å². The van der Waals surface area contributed by atoms with E-state index in [0.717, 1.165) is 26.8 Å². The summed E-state index contributed by atoms with van der Waals surface area (Å²) in [6.07, 6.45) is 2.77. The summed E-state index contributed by atoms with van der Waals surface area (Å²) < 4.78 is 7.70. The molecule has 0 unspecified atom stereocenters. The number of imidazole rings is 1. The van der Waals surface area contributed by atoms with Gasteiger partial charge in [0, 0.05) is 21.1 Å². The van der Waals surface area contributed by atoms with E-state index >= 15 is 0 Å². The van der Waals surface area contributed by atoms with Gasteiger partial charge in [-0.3, -0.25) is 14.0 Å². The first-order valence-corrected chi connectivity index (χ1v) is 9.02. The smallest absolute Gasteiger partial charge is 0.311 e. The van der Waals surface area contributed by atoms with E-state index in [1.807, 2.05) is 25.1 Å². The van der Waals surface area contributed by atoms with Gasteiger partial charge in [-0.15, -0.1) is 11.3 Å². The summed E-state index contributed by atoms with van der Waals surface area (Å²) in [4.78, 5) is 29.3. The average molecular weight is 407 g/mol. The number of ether oxygens (including phenoxy) is 1. The highest BCUT2D eigenvalue weighted by Crippen LogP contribution is 2.30. The van der Waals surface area contributed by atoms with Crippen molar-refractivity contribution in [2.24, 2.45) is 0 Å². The van der Waals surface area contributed by atoms with Gasteiger partial charge in [0.2, 0.25) is 0 Å². The maximum Gasteiger partial charge on any atom is 0.311 e. The Hall–Kier alpha value is -1.99. The summed E-state index contributed by atoms with van der Waals surface area (Å²) in [5, 5.41) is 0. The Morgan fingerprint density at radius 3 is 2.92 bits per heavy atom. The van der Waals surface area contributed by atoms with Crippen molar-refractivity contribution in [1.29, 1.82) is 0 Å². The molecule has 3 aromatic rings. The Bertz CT molecular complexity index is 929. The van der Waals surface area contributed by atoms with Gasteiger partial charge in [-0.05, 0) is 31.5 Å². The van der Waals surface area contributed by atoms with Gasteiger partial charge < -0.3 is 4.74 Å². The van der Waals surface area contributed by atoms with E-state index in [0.29, 0.717) is 23.0 Å². The number of aldehydes is 1. The molecule has 0 saturated carbocycles. The van der Waals surface area contributed by atoms with Crippen molar-refractivity contribution >= 4 is 44.5 Å². The quantitative estimate of drug-likeness (QED) is 0.473. The lowest BCUT2D eigenvalue weighted by Crippen LogP contribution is -2.06. The minimum atomic E-state index is -0.279. The Morgan fingerprint density at radius 2 is 2.25 bits per heavy atom. The van der Waals surface area contributed by atoms with Crippen LogP contribution in [0.25, 0.3) is 16.2 Å². The minimum Gasteiger partial charge on any atom is -0.466 e. The number of hydrogen-bond acceptors (Lipinski definition) is 5. The second-order valence-electron chi connectivity index (χ2n) is 5.26. The molecule has 0 aliphatic carbocycles. The van der Waals surface area contributed by atoms with Crippen LogP contribution in [-0.4, -0.2) is 28.2 Å². The number of benzene rings is 1. The normalized spacial score (nSPS) is 11.0. The third-order valence-corrected chi connectivity index (χ3v) is 5.45. The Morgan fingerprint density at radius 1 is 1.46 bits per heavy atom. The molecule has 7 heteroatoms. The Balaban J connectivity index is 2.01. The van der Waals surface area contributed by atoms with Gasteiger partial charge in [0.1, 0.15) is 11.4 Å². The van der Waals surface area contributed by atoms with Crippen molar-refractivity contribution < 1.29 is 14.3 Å². The summed E-state index contributed by atoms with van der Waals surface area (Å²) in [7, 11) is 0. The number of aromatic nitrogens is 2. The number of halogens is 1. The van der Waals surface area contributed by atoms with Crippen LogP contribution in [0.15, 0.2) is 28.9 Å². The highest BCUT2D eigenvalue weighted by molar-refractivity contribution is 9.10. The van der Waals surface area contributed by atoms with Crippen LogP contribution < -0.4 is 0 Å². The van der Waals surface area contributed by atoms with E-state index in [4.69, 9.17) is 4.74 Å². The topological polar surface area (TPSA) is 60.7 Å². The summed E-state index contributed by atoms with van der Waals surface area (Å²) >= 11 is 4.86. The number of aryl methyl sites for hydroxylation is 1. The number of carbonyl (C=O) groups excluding carboxylic acids is 2. The largest absolute Gasteiger partial charge is 0.466 e. The Labute approximate surface area is 151 Å². The lowest BCUT2D eigenvalue weighted by Gasteiger charge is -2.03. The number of hydrogen-bond donors (Lipinski definition) is 0. The number of fused-ring (bicyclic) bond motifs is 1. The molecular formula is C17H15BrN2O3S. The lowest BCUT2D eigenvalue weighted by atomic mass is 10.1. The number of carbonyl (C=O) groups is 2.